The van der Waals surface area contributed by atoms with Gasteiger partial charge in [0.15, 0.2) is 0 Å². The molecule has 126 valence electrons. The Hall–Kier alpha value is -2.08. The molecule has 0 fully saturated rings. The van der Waals surface area contributed by atoms with E-state index in [2.05, 4.69) is 16.4 Å². The smallest absolute Gasteiger partial charge is 0.407 e. The first-order valence-corrected chi connectivity index (χ1v) is 7.73. The van der Waals surface area contributed by atoms with Crippen LogP contribution in [0.1, 0.15) is 31.9 Å². The number of carbonyl (C=O) groups excluding carboxylic acids is 1. The third-order valence-corrected chi connectivity index (χ3v) is 3.52. The van der Waals surface area contributed by atoms with Gasteiger partial charge in [-0.25, -0.2) is 9.78 Å². The normalized spacial score (nSPS) is 13.1. The number of aromatic nitrogens is 2. The Bertz CT molecular complexity index is 701. The van der Waals surface area contributed by atoms with Gasteiger partial charge < -0.3 is 19.7 Å². The lowest BCUT2D eigenvalue weighted by Gasteiger charge is -2.20. The summed E-state index contributed by atoms with van der Waals surface area (Å²) in [7, 11) is 0. The van der Waals surface area contributed by atoms with E-state index in [1.54, 1.807) is 27.1 Å². The van der Waals surface area contributed by atoms with Crippen molar-refractivity contribution in [1.82, 2.24) is 14.9 Å². The number of alkyl carbamates (subject to hydrolysis) is 1. The number of hydrogen-bond acceptors (Lipinski definition) is 4. The van der Waals surface area contributed by atoms with Crippen LogP contribution in [0.4, 0.5) is 4.79 Å². The molecule has 6 nitrogen and oxygen atoms in total. The molecule has 1 heterocycles. The molecule has 0 aliphatic rings. The quantitative estimate of drug-likeness (QED) is 0.908. The summed E-state index contributed by atoms with van der Waals surface area (Å²) in [5.74, 6) is 0. The highest BCUT2D eigenvalue weighted by Gasteiger charge is 2.17. The maximum absolute atomic E-state index is 11.6. The van der Waals surface area contributed by atoms with E-state index >= 15 is 0 Å². The summed E-state index contributed by atoms with van der Waals surface area (Å²) in [5, 5.41) is 12.7. The number of aliphatic hydroxyl groups is 1. The Morgan fingerprint density at radius 3 is 2.65 bits per heavy atom. The van der Waals surface area contributed by atoms with Gasteiger partial charge in [-0.2, -0.15) is 0 Å². The molecule has 1 aromatic heterocycles. The number of nitrogens with one attached hydrogen (secondary N) is 1. The molecular weight excluding hydrogens is 294 g/mol. The predicted octanol–water partition coefficient (Wildman–Crippen LogP) is 2.54. The van der Waals surface area contributed by atoms with Gasteiger partial charge in [0.05, 0.1) is 30.0 Å². The topological polar surface area (TPSA) is 76.4 Å². The van der Waals surface area contributed by atoms with Gasteiger partial charge in [-0.15, -0.1) is 0 Å². The standard InChI is InChI=1S/C17H25N3O3/c1-11-6-14-15(7-12(11)2)20(10-19-14)9-13(21)8-18-16(22)23-17(3,4)5/h6-7,10,13,21H,8-9H2,1-5H3,(H,18,22). The first-order valence-electron chi connectivity index (χ1n) is 7.73. The van der Waals surface area contributed by atoms with E-state index in [1.165, 1.54) is 11.1 Å². The van der Waals surface area contributed by atoms with Crippen LogP contribution in [0, 0.1) is 13.8 Å². The molecule has 6 heteroatoms. The molecule has 1 amide bonds. The van der Waals surface area contributed by atoms with Gasteiger partial charge in [-0.1, -0.05) is 0 Å². The molecule has 0 bridgehead atoms. The molecule has 0 aliphatic carbocycles. The molecule has 1 unspecified atom stereocenters. The van der Waals surface area contributed by atoms with E-state index in [0.717, 1.165) is 11.0 Å². The molecule has 1 atom stereocenters. The number of fused-ring (bicyclic) bond motifs is 1. The van der Waals surface area contributed by atoms with Crippen LogP contribution >= 0.6 is 0 Å². The third-order valence-electron chi connectivity index (χ3n) is 3.52. The second-order valence-electron chi connectivity index (χ2n) is 6.86. The van der Waals surface area contributed by atoms with Crippen molar-refractivity contribution >= 4 is 17.1 Å². The summed E-state index contributed by atoms with van der Waals surface area (Å²) in [6.45, 7) is 9.97. The Morgan fingerprint density at radius 1 is 1.35 bits per heavy atom. The van der Waals surface area contributed by atoms with E-state index < -0.39 is 17.8 Å². The van der Waals surface area contributed by atoms with Gasteiger partial charge in [0.25, 0.3) is 0 Å². The van der Waals surface area contributed by atoms with Crippen LogP contribution in [-0.4, -0.2) is 39.0 Å². The van der Waals surface area contributed by atoms with Crippen molar-refractivity contribution in [2.24, 2.45) is 0 Å². The van der Waals surface area contributed by atoms with Crippen molar-refractivity contribution in [2.45, 2.75) is 52.9 Å². The molecule has 0 radical (unpaired) electrons. The summed E-state index contributed by atoms with van der Waals surface area (Å²) in [5.41, 5.74) is 3.70. The second kappa shape index (κ2) is 6.58. The summed E-state index contributed by atoms with van der Waals surface area (Å²) in [6, 6.07) is 4.10. The fourth-order valence-corrected chi connectivity index (χ4v) is 2.27. The molecule has 1 aromatic carbocycles. The average Bonchev–Trinajstić information content (AvgIpc) is 2.78. The fourth-order valence-electron chi connectivity index (χ4n) is 2.27. The number of amides is 1. The summed E-state index contributed by atoms with van der Waals surface area (Å²) in [4.78, 5) is 16.0. The summed E-state index contributed by atoms with van der Waals surface area (Å²) < 4.78 is 7.03. The zero-order valence-electron chi connectivity index (χ0n) is 14.4. The van der Waals surface area contributed by atoms with E-state index in [1.807, 2.05) is 24.5 Å². The van der Waals surface area contributed by atoms with Gasteiger partial charge in [-0.3, -0.25) is 0 Å². The van der Waals surface area contributed by atoms with Crippen LogP contribution in [0.3, 0.4) is 0 Å². The number of imidazole rings is 1. The largest absolute Gasteiger partial charge is 0.444 e. The van der Waals surface area contributed by atoms with Crippen molar-refractivity contribution in [2.75, 3.05) is 6.54 Å². The second-order valence-corrected chi connectivity index (χ2v) is 6.86. The van der Waals surface area contributed by atoms with Gasteiger partial charge in [0.1, 0.15) is 5.60 Å². The molecule has 2 rings (SSSR count). The molecular formula is C17H25N3O3. The number of rotatable bonds is 4. The van der Waals surface area contributed by atoms with Gasteiger partial charge in [0.2, 0.25) is 0 Å². The molecule has 2 N–H and O–H groups in total. The lowest BCUT2D eigenvalue weighted by molar-refractivity contribution is 0.0485. The number of hydrogen-bond donors (Lipinski definition) is 2. The SMILES string of the molecule is Cc1cc2ncn(CC(O)CNC(=O)OC(C)(C)C)c2cc1C. The zero-order valence-corrected chi connectivity index (χ0v) is 14.4. The Balaban J connectivity index is 1.97. The third kappa shape index (κ3) is 4.69. The van der Waals surface area contributed by atoms with Crippen molar-refractivity contribution in [3.63, 3.8) is 0 Å². The highest BCUT2D eigenvalue weighted by molar-refractivity contribution is 5.77. The minimum atomic E-state index is -0.721. The van der Waals surface area contributed by atoms with Crippen LogP contribution < -0.4 is 5.32 Å². The molecule has 2 aromatic rings. The molecule has 0 saturated carbocycles. The number of ether oxygens (including phenoxy) is 1. The van der Waals surface area contributed by atoms with Crippen molar-refractivity contribution in [3.8, 4) is 0 Å². The highest BCUT2D eigenvalue weighted by atomic mass is 16.6. The first-order chi connectivity index (χ1) is 10.7. The van der Waals surface area contributed by atoms with Crippen LogP contribution in [0.15, 0.2) is 18.5 Å². The lowest BCUT2D eigenvalue weighted by atomic mass is 10.1. The molecule has 0 saturated heterocycles. The van der Waals surface area contributed by atoms with Gasteiger partial charge in [0, 0.05) is 6.54 Å². The number of aliphatic hydroxyl groups excluding tert-OH is 1. The van der Waals surface area contributed by atoms with Crippen LogP contribution in [0.5, 0.6) is 0 Å². The van der Waals surface area contributed by atoms with Crippen molar-refractivity contribution in [1.29, 1.82) is 0 Å². The summed E-state index contributed by atoms with van der Waals surface area (Å²) >= 11 is 0. The number of nitrogens with zero attached hydrogens (tertiary/aromatic N) is 2. The van der Waals surface area contributed by atoms with E-state index in [0.29, 0.717) is 6.54 Å². The molecule has 23 heavy (non-hydrogen) atoms. The zero-order chi connectivity index (χ0) is 17.2. The number of carbonyl (C=O) groups is 1. The van der Waals surface area contributed by atoms with Crippen LogP contribution in [0.25, 0.3) is 11.0 Å². The monoisotopic (exact) mass is 319 g/mol. The molecule has 0 spiro atoms. The first kappa shape index (κ1) is 17.3. The predicted molar refractivity (Wildman–Crippen MR) is 89.5 cm³/mol. The maximum Gasteiger partial charge on any atom is 0.407 e. The molecule has 0 aliphatic heterocycles. The van der Waals surface area contributed by atoms with Crippen molar-refractivity contribution in [3.05, 3.63) is 29.6 Å². The fraction of sp³-hybridized carbons (Fsp3) is 0.529. The van der Waals surface area contributed by atoms with Crippen LogP contribution in [0.2, 0.25) is 0 Å². The van der Waals surface area contributed by atoms with E-state index in [-0.39, 0.29) is 6.54 Å². The highest BCUT2D eigenvalue weighted by Crippen LogP contribution is 2.18. The minimum Gasteiger partial charge on any atom is -0.444 e. The summed E-state index contributed by atoms with van der Waals surface area (Å²) in [6.07, 6.45) is 0.459. The maximum atomic E-state index is 11.6. The Kier molecular flexibility index (Phi) is 4.94. The van der Waals surface area contributed by atoms with Crippen LogP contribution in [-0.2, 0) is 11.3 Å². The number of benzene rings is 1. The number of aryl methyl sites for hydroxylation is 2. The Morgan fingerprint density at radius 2 is 2.00 bits per heavy atom. The van der Waals surface area contributed by atoms with E-state index in [4.69, 9.17) is 4.74 Å². The van der Waals surface area contributed by atoms with Gasteiger partial charge in [-0.05, 0) is 57.9 Å². The Labute approximate surface area is 136 Å². The van der Waals surface area contributed by atoms with Crippen molar-refractivity contribution < 1.29 is 14.6 Å². The van der Waals surface area contributed by atoms with Gasteiger partial charge >= 0.3 is 6.09 Å². The average molecular weight is 319 g/mol. The lowest BCUT2D eigenvalue weighted by Crippen LogP contribution is -2.38. The minimum absolute atomic E-state index is 0.124. The van der Waals surface area contributed by atoms with E-state index in [9.17, 15) is 9.90 Å².